The summed E-state index contributed by atoms with van der Waals surface area (Å²) < 4.78 is -0.693. The van der Waals surface area contributed by atoms with Crippen LogP contribution < -0.4 is 52.8 Å². The fourth-order valence-corrected chi connectivity index (χ4v) is 26.0. The van der Waals surface area contributed by atoms with Crippen molar-refractivity contribution in [3.63, 3.8) is 0 Å². The maximum absolute atomic E-state index is 4.36. The van der Waals surface area contributed by atoms with Crippen molar-refractivity contribution in [2.45, 2.75) is 72.6 Å². The van der Waals surface area contributed by atoms with Crippen molar-refractivity contribution < 1.29 is 57.7 Å². The van der Waals surface area contributed by atoms with E-state index in [4.69, 9.17) is 0 Å². The normalized spacial score (nSPS) is 12.7. The SMILES string of the molecule is CC1=C(C)[C]([Ti+3])([Si](c2c(-c3ccccc3)c(C)c(-c3ccccc3)c(C)c2-c2ccccc2)(c2c(-c3ccccc3)c(C)c(-c3ccccc3)c(C)c2-c2ccccc2)c2c(-c3ccccc3)c(C)c(-c3ccccc3)c(C)c2-c2ccccc2)C(C)=C1C.[Cl-].[Cl-].[Cl-]. The Labute approximate surface area is 578 Å². The Balaban J connectivity index is 0.00000309. The minimum Gasteiger partial charge on any atom is -1.00 e. The summed E-state index contributed by atoms with van der Waals surface area (Å²) in [5.74, 6) is 0. The average molecular weight is 1300 g/mol. The first-order chi connectivity index (χ1) is 43.3. The summed E-state index contributed by atoms with van der Waals surface area (Å²) in [6.07, 6.45) is 0. The number of allylic oxidation sites excluding steroid dienone is 4. The Morgan fingerprint density at radius 1 is 0.207 bits per heavy atom. The van der Waals surface area contributed by atoms with Crippen LogP contribution in [0.25, 0.3) is 100 Å². The maximum Gasteiger partial charge on any atom is -1.00 e. The van der Waals surface area contributed by atoms with Gasteiger partial charge in [0.15, 0.2) is 0 Å². The standard InChI is InChI=1S/C87H75Si.3ClH.Ti/c1-56-57(2)59(4)84(58(56)3)88(85-78(69-44-26-14-27-45-69)60(5)75(66-38-20-11-21-39-66)61(6)79(85)70-46-28-15-29-47-70,86-80(71-48-30-16-31-49-71)62(7)76(67-40-22-12-23-41-67)63(8)81(86)72-50-32-17-33-51-72)87-82(73-52-34-18-35-53-73)64(9)77(68-42-24-13-25-43-68)65(10)83(87)74-54-36-19-37-55-74;;;;/h11-55H,1-10H3;3*1H;/q;;;;+3/p-3. The van der Waals surface area contributed by atoms with Crippen molar-refractivity contribution >= 4 is 23.6 Å². The first-order valence-electron chi connectivity index (χ1n) is 31.4. The Kier molecular flexibility index (Phi) is 20.1. The Bertz CT molecular complexity index is 4040. The maximum atomic E-state index is 2.74. The van der Waals surface area contributed by atoms with E-state index in [1.165, 1.54) is 171 Å². The number of rotatable bonds is 13. The van der Waals surface area contributed by atoms with Gasteiger partial charge in [-0.15, -0.1) is 0 Å². The summed E-state index contributed by atoms with van der Waals surface area (Å²) in [6, 6.07) is 103. The van der Waals surface area contributed by atoms with E-state index >= 15 is 0 Å². The summed E-state index contributed by atoms with van der Waals surface area (Å²) in [5, 5.41) is 4.28. The van der Waals surface area contributed by atoms with Gasteiger partial charge in [-0.2, -0.15) is 0 Å². The van der Waals surface area contributed by atoms with Crippen LogP contribution in [-0.2, 0) is 20.4 Å². The largest absolute Gasteiger partial charge is 1.00 e. The van der Waals surface area contributed by atoms with Crippen molar-refractivity contribution in [1.29, 1.82) is 0 Å². The van der Waals surface area contributed by atoms with Gasteiger partial charge in [0.05, 0.1) is 0 Å². The topological polar surface area (TPSA) is 0 Å². The second-order valence-corrected chi connectivity index (χ2v) is 30.2. The molecular weight excluding hydrogens is 1230 g/mol. The fraction of sp³-hybridized carbons (Fsp3) is 0.126. The van der Waals surface area contributed by atoms with E-state index in [0.29, 0.717) is 0 Å². The Morgan fingerprint density at radius 3 is 0.478 bits per heavy atom. The van der Waals surface area contributed by atoms with E-state index in [0.717, 1.165) is 0 Å². The van der Waals surface area contributed by atoms with Crippen molar-refractivity contribution in [2.24, 2.45) is 0 Å². The third-order valence-electron chi connectivity index (χ3n) is 20.1. The zero-order valence-electron chi connectivity index (χ0n) is 54.1. The van der Waals surface area contributed by atoms with Gasteiger partial charge in [-0.3, -0.25) is 0 Å². The Hall–Kier alpha value is -8.08. The van der Waals surface area contributed by atoms with Gasteiger partial charge in [0.2, 0.25) is 0 Å². The van der Waals surface area contributed by atoms with Crippen molar-refractivity contribution in [3.05, 3.63) is 329 Å². The molecule has 0 radical (unpaired) electrons. The molecule has 0 saturated heterocycles. The van der Waals surface area contributed by atoms with Gasteiger partial charge in [0.1, 0.15) is 0 Å². The predicted molar refractivity (Wildman–Crippen MR) is 381 cm³/mol. The average Bonchev–Trinajstić information content (AvgIpc) is 1.12. The first kappa shape index (κ1) is 66.8. The summed E-state index contributed by atoms with van der Waals surface area (Å²) in [7, 11) is -4.36. The van der Waals surface area contributed by atoms with Crippen LogP contribution in [0.1, 0.15) is 61.1 Å². The molecule has 0 aliphatic heterocycles. The molecule has 0 atom stereocenters. The molecule has 0 spiro atoms. The van der Waals surface area contributed by atoms with Crippen LogP contribution in [0, 0.1) is 41.5 Å². The quantitative estimate of drug-likeness (QED) is 0.0797. The zero-order chi connectivity index (χ0) is 61.7. The van der Waals surface area contributed by atoms with Crippen LogP contribution in [0.4, 0.5) is 0 Å². The smallest absolute Gasteiger partial charge is 1.00 e. The van der Waals surface area contributed by atoms with E-state index < -0.39 is 11.4 Å². The monoisotopic (exact) mass is 1300 g/mol. The van der Waals surface area contributed by atoms with Crippen LogP contribution in [0.15, 0.2) is 295 Å². The summed E-state index contributed by atoms with van der Waals surface area (Å²) >= 11 is 2.74. The molecule has 5 heteroatoms. The van der Waals surface area contributed by atoms with Gasteiger partial charge in [0, 0.05) is 0 Å². The molecule has 1 aliphatic carbocycles. The third kappa shape index (κ3) is 10.8. The number of hydrogen-bond donors (Lipinski definition) is 0. The molecule has 13 rings (SSSR count). The Morgan fingerprint density at radius 2 is 0.337 bits per heavy atom. The van der Waals surface area contributed by atoms with E-state index in [1.807, 2.05) is 0 Å². The molecule has 12 aromatic rings. The first-order valence-corrected chi connectivity index (χ1v) is 34.2. The molecule has 0 fully saturated rings. The van der Waals surface area contributed by atoms with Gasteiger partial charge >= 0.3 is 545 Å². The van der Waals surface area contributed by atoms with Crippen LogP contribution in [0.5, 0.6) is 0 Å². The third-order valence-corrected chi connectivity index (χ3v) is 28.6. The molecule has 0 amide bonds. The van der Waals surface area contributed by atoms with Crippen LogP contribution in [0.2, 0.25) is 3.34 Å². The number of hydrogen-bond acceptors (Lipinski definition) is 0. The molecule has 92 heavy (non-hydrogen) atoms. The minimum atomic E-state index is -4.36. The summed E-state index contributed by atoms with van der Waals surface area (Å²) in [6.45, 7) is 24.7. The summed E-state index contributed by atoms with van der Waals surface area (Å²) in [4.78, 5) is 0. The molecule has 0 aromatic heterocycles. The molecule has 0 N–H and O–H groups in total. The van der Waals surface area contributed by atoms with Gasteiger partial charge in [0.25, 0.3) is 0 Å². The molecular formula is C87H75Cl3SiTi. The second-order valence-electron chi connectivity index (χ2n) is 24.5. The van der Waals surface area contributed by atoms with Crippen molar-refractivity contribution in [1.82, 2.24) is 0 Å². The second kappa shape index (κ2) is 27.6. The molecule has 452 valence electrons. The van der Waals surface area contributed by atoms with Gasteiger partial charge in [-0.25, -0.2) is 0 Å². The van der Waals surface area contributed by atoms with Gasteiger partial charge < -0.3 is 37.2 Å². The molecule has 0 nitrogen and oxygen atoms in total. The van der Waals surface area contributed by atoms with Crippen LogP contribution in [0.3, 0.4) is 0 Å². The van der Waals surface area contributed by atoms with Gasteiger partial charge in [-0.05, 0) is 0 Å². The zero-order valence-corrected chi connectivity index (χ0v) is 58.9. The molecule has 1 aliphatic rings. The number of halogens is 3. The van der Waals surface area contributed by atoms with Crippen LogP contribution >= 0.6 is 0 Å². The minimum absolute atomic E-state index is 0. The molecule has 0 saturated carbocycles. The van der Waals surface area contributed by atoms with E-state index in [1.54, 1.807) is 0 Å². The molecule has 0 unspecified atom stereocenters. The van der Waals surface area contributed by atoms with Crippen molar-refractivity contribution in [2.75, 3.05) is 0 Å². The van der Waals surface area contributed by atoms with Crippen LogP contribution in [-0.4, -0.2) is 8.07 Å². The van der Waals surface area contributed by atoms with E-state index in [-0.39, 0.29) is 37.2 Å². The molecule has 0 bridgehead atoms. The van der Waals surface area contributed by atoms with Gasteiger partial charge in [-0.1, -0.05) is 0 Å². The fourth-order valence-electron chi connectivity index (χ4n) is 16.0. The summed E-state index contributed by atoms with van der Waals surface area (Å²) in [5.41, 5.74) is 35.7. The number of benzene rings is 12. The van der Waals surface area contributed by atoms with Crippen molar-refractivity contribution in [3.8, 4) is 100 Å². The predicted octanol–water partition coefficient (Wildman–Crippen LogP) is 13.0. The molecule has 12 aromatic carbocycles. The molecule has 0 heterocycles. The van der Waals surface area contributed by atoms with E-state index in [2.05, 4.69) is 363 Å². The van der Waals surface area contributed by atoms with E-state index in [9.17, 15) is 0 Å².